The molecule has 208 valence electrons. The zero-order valence-electron chi connectivity index (χ0n) is 22.4. The molecular formula is C30H37N3O5S. The number of benzene rings is 1. The highest BCUT2D eigenvalue weighted by Crippen LogP contribution is 2.61. The first-order valence-corrected chi connectivity index (χ1v) is 15.2. The molecule has 3 fully saturated rings. The van der Waals surface area contributed by atoms with Crippen molar-refractivity contribution in [3.05, 3.63) is 48.6 Å². The minimum atomic E-state index is -0.843. The van der Waals surface area contributed by atoms with Gasteiger partial charge in [0.15, 0.2) is 0 Å². The summed E-state index contributed by atoms with van der Waals surface area (Å²) in [7, 11) is 0. The van der Waals surface area contributed by atoms with Crippen LogP contribution < -0.4 is 9.64 Å². The van der Waals surface area contributed by atoms with E-state index in [0.717, 1.165) is 37.1 Å². The Balaban J connectivity index is 1.36. The molecule has 1 aromatic rings. The van der Waals surface area contributed by atoms with Gasteiger partial charge in [-0.25, -0.2) is 0 Å². The molecule has 0 aromatic heterocycles. The summed E-state index contributed by atoms with van der Waals surface area (Å²) in [5.74, 6) is -0.873. The van der Waals surface area contributed by atoms with Crippen LogP contribution >= 0.6 is 11.8 Å². The summed E-state index contributed by atoms with van der Waals surface area (Å²) in [6, 6.07) is 6.92. The van der Waals surface area contributed by atoms with Gasteiger partial charge in [-0.3, -0.25) is 14.4 Å². The van der Waals surface area contributed by atoms with Crippen molar-refractivity contribution < 1.29 is 24.2 Å². The minimum absolute atomic E-state index is 0.0417. The molecule has 0 bridgehead atoms. The first-order chi connectivity index (χ1) is 19.0. The maximum Gasteiger partial charge on any atom is 0.247 e. The summed E-state index contributed by atoms with van der Waals surface area (Å²) in [5, 5.41) is 9.70. The predicted octanol–water partition coefficient (Wildman–Crippen LogP) is 3.01. The van der Waals surface area contributed by atoms with E-state index in [1.54, 1.807) is 21.6 Å². The van der Waals surface area contributed by atoms with Crippen molar-refractivity contribution in [2.45, 2.75) is 61.1 Å². The fraction of sp³-hybridized carbons (Fsp3) is 0.567. The van der Waals surface area contributed by atoms with Gasteiger partial charge in [0.1, 0.15) is 11.8 Å². The van der Waals surface area contributed by atoms with E-state index < -0.39 is 22.6 Å². The summed E-state index contributed by atoms with van der Waals surface area (Å²) >= 11 is 1.59. The molecule has 1 aliphatic carbocycles. The van der Waals surface area contributed by atoms with Gasteiger partial charge in [0.2, 0.25) is 17.7 Å². The molecule has 3 amide bonds. The number of nitrogens with zero attached hydrogens (tertiary/aromatic N) is 3. The third-order valence-electron chi connectivity index (χ3n) is 9.01. The van der Waals surface area contributed by atoms with Crippen molar-refractivity contribution in [1.29, 1.82) is 0 Å². The van der Waals surface area contributed by atoms with E-state index in [-0.39, 0.29) is 42.2 Å². The Bertz CT molecular complexity index is 1180. The molecule has 1 unspecified atom stereocenters. The van der Waals surface area contributed by atoms with Crippen molar-refractivity contribution in [2.75, 3.05) is 37.7 Å². The molecule has 1 N–H and O–H groups in total. The number of thioether (sulfide) groups is 1. The van der Waals surface area contributed by atoms with Crippen LogP contribution in [0.25, 0.3) is 0 Å². The summed E-state index contributed by atoms with van der Waals surface area (Å²) in [6.07, 6.45) is 13.5. The molecule has 4 aliphatic heterocycles. The summed E-state index contributed by atoms with van der Waals surface area (Å²) in [6.45, 7) is 3.29. The summed E-state index contributed by atoms with van der Waals surface area (Å²) < 4.78 is 4.73. The smallest absolute Gasteiger partial charge is 0.247 e. The van der Waals surface area contributed by atoms with E-state index in [1.165, 1.54) is 6.42 Å². The van der Waals surface area contributed by atoms with Crippen molar-refractivity contribution >= 4 is 35.2 Å². The molecule has 8 nitrogen and oxygen atoms in total. The Hall–Kier alpha value is -2.78. The number of carbonyl (C=O) groups is 3. The van der Waals surface area contributed by atoms with Gasteiger partial charge in [0.25, 0.3) is 0 Å². The number of carbonyl (C=O) groups excluding carboxylic acids is 3. The van der Waals surface area contributed by atoms with Gasteiger partial charge in [-0.05, 0) is 44.0 Å². The predicted molar refractivity (Wildman–Crippen MR) is 151 cm³/mol. The van der Waals surface area contributed by atoms with Crippen molar-refractivity contribution in [3.8, 4) is 5.75 Å². The van der Waals surface area contributed by atoms with E-state index in [2.05, 4.69) is 12.2 Å². The quantitative estimate of drug-likeness (QED) is 0.547. The number of fused-ring (bicyclic) bond motifs is 2. The SMILES string of the molecule is CCOc1ccc(N2CC=C[C@@H]3S[C@]45C=CCN(C6CCCCC6)C(=O)C4N(CCO)C(=O)[C@@H]5[C@@H]3C2=O)cc1. The van der Waals surface area contributed by atoms with E-state index in [1.807, 2.05) is 48.2 Å². The topological polar surface area (TPSA) is 90.4 Å². The maximum atomic E-state index is 14.3. The number of β-amino-alcohol motifs (C(OH)–C–C–N with tert-alkyl or cyclic N) is 1. The van der Waals surface area contributed by atoms with Crippen LogP contribution in [0.15, 0.2) is 48.6 Å². The molecule has 2 saturated heterocycles. The van der Waals surface area contributed by atoms with Crippen molar-refractivity contribution in [1.82, 2.24) is 9.80 Å². The van der Waals surface area contributed by atoms with E-state index in [0.29, 0.717) is 19.7 Å². The number of amides is 3. The molecular weight excluding hydrogens is 514 g/mol. The maximum absolute atomic E-state index is 14.3. The number of hydrogen-bond donors (Lipinski definition) is 1. The molecule has 1 saturated carbocycles. The molecule has 5 atom stereocenters. The van der Waals surface area contributed by atoms with E-state index >= 15 is 0 Å². The van der Waals surface area contributed by atoms with Gasteiger partial charge >= 0.3 is 0 Å². The lowest BCUT2D eigenvalue weighted by molar-refractivity contribution is -0.144. The van der Waals surface area contributed by atoms with Crippen LogP contribution in [-0.2, 0) is 14.4 Å². The number of aliphatic hydroxyl groups excluding tert-OH is 1. The molecule has 9 heteroatoms. The Labute approximate surface area is 234 Å². The second kappa shape index (κ2) is 10.7. The van der Waals surface area contributed by atoms with Crippen LogP contribution in [0.5, 0.6) is 5.75 Å². The fourth-order valence-electron chi connectivity index (χ4n) is 7.34. The zero-order valence-corrected chi connectivity index (χ0v) is 23.2. The highest BCUT2D eigenvalue weighted by Gasteiger charge is 2.71. The minimum Gasteiger partial charge on any atom is -0.494 e. The first kappa shape index (κ1) is 26.4. The largest absolute Gasteiger partial charge is 0.494 e. The van der Waals surface area contributed by atoms with Gasteiger partial charge in [0.05, 0.1) is 29.8 Å². The summed E-state index contributed by atoms with van der Waals surface area (Å²) in [5.41, 5.74) is 0.755. The first-order valence-electron chi connectivity index (χ1n) is 14.3. The summed E-state index contributed by atoms with van der Waals surface area (Å²) in [4.78, 5) is 48.0. The molecule has 1 spiro atoms. The van der Waals surface area contributed by atoms with Crippen LogP contribution in [0.4, 0.5) is 5.69 Å². The average molecular weight is 552 g/mol. The van der Waals surface area contributed by atoms with Crippen molar-refractivity contribution in [3.63, 3.8) is 0 Å². The number of likely N-dealkylation sites (tertiary alicyclic amines) is 1. The van der Waals surface area contributed by atoms with Gasteiger partial charge < -0.3 is 24.5 Å². The molecule has 4 heterocycles. The molecule has 6 rings (SSSR count). The Morgan fingerprint density at radius 3 is 2.49 bits per heavy atom. The lowest BCUT2D eigenvalue weighted by Crippen LogP contribution is -2.55. The second-order valence-corrected chi connectivity index (χ2v) is 12.6. The lowest BCUT2D eigenvalue weighted by Gasteiger charge is -2.39. The molecule has 0 radical (unpaired) electrons. The van der Waals surface area contributed by atoms with E-state index in [4.69, 9.17) is 4.74 Å². The van der Waals surface area contributed by atoms with Crippen LogP contribution in [0, 0.1) is 11.8 Å². The third kappa shape index (κ3) is 4.29. The van der Waals surface area contributed by atoms with Gasteiger partial charge in [-0.2, -0.15) is 0 Å². The lowest BCUT2D eigenvalue weighted by atomic mass is 9.78. The number of aliphatic hydroxyl groups is 1. The average Bonchev–Trinajstić information content (AvgIpc) is 3.25. The number of anilines is 1. The zero-order chi connectivity index (χ0) is 27.1. The normalized spacial score (nSPS) is 32.7. The fourth-order valence-corrected chi connectivity index (χ4v) is 9.35. The second-order valence-electron chi connectivity index (χ2n) is 11.1. The van der Waals surface area contributed by atoms with Gasteiger partial charge in [-0.15, -0.1) is 11.8 Å². The standard InChI is InChI=1S/C30H37N3O5S/c1-2-38-22-13-11-21(12-14-22)31-16-6-10-23-24(27(31)35)25-28(36)33(18-19-34)26-29(37)32(20-8-4-3-5-9-20)17-7-15-30(25,26)39-23/h6-7,10-15,20,23-26,34H,2-5,8-9,16-19H2,1H3/t23-,24+,25-,26?,30-/m0/s1. The molecule has 39 heavy (non-hydrogen) atoms. The molecule has 1 aromatic carbocycles. The van der Waals surface area contributed by atoms with Crippen LogP contribution in [0.1, 0.15) is 39.0 Å². The monoisotopic (exact) mass is 551 g/mol. The number of rotatable bonds is 6. The highest BCUT2D eigenvalue weighted by molar-refractivity contribution is 8.02. The van der Waals surface area contributed by atoms with Gasteiger partial charge in [-0.1, -0.05) is 43.6 Å². The van der Waals surface area contributed by atoms with Crippen LogP contribution in [-0.4, -0.2) is 87.6 Å². The highest BCUT2D eigenvalue weighted by atomic mass is 32.2. The molecule has 5 aliphatic rings. The van der Waals surface area contributed by atoms with Crippen LogP contribution in [0.3, 0.4) is 0 Å². The van der Waals surface area contributed by atoms with Crippen molar-refractivity contribution in [2.24, 2.45) is 11.8 Å². The Morgan fingerprint density at radius 2 is 1.77 bits per heavy atom. The Morgan fingerprint density at radius 1 is 1.00 bits per heavy atom. The number of hydrogen-bond acceptors (Lipinski definition) is 6. The Kier molecular flexibility index (Phi) is 7.22. The third-order valence-corrected chi connectivity index (χ3v) is 10.7. The van der Waals surface area contributed by atoms with Crippen LogP contribution in [0.2, 0.25) is 0 Å². The number of ether oxygens (including phenoxy) is 1. The van der Waals surface area contributed by atoms with Gasteiger partial charge in [0, 0.05) is 36.6 Å². The van der Waals surface area contributed by atoms with E-state index in [9.17, 15) is 19.5 Å².